The fraction of sp³-hybridized carbons (Fsp3) is 0.714. The Hall–Kier alpha value is -1.92. The summed E-state index contributed by atoms with van der Waals surface area (Å²) in [4.78, 5) is 23.6. The maximum atomic E-state index is 13.8. The van der Waals surface area contributed by atoms with Gasteiger partial charge in [-0.1, -0.05) is 44.2 Å². The van der Waals surface area contributed by atoms with E-state index in [9.17, 15) is 4.79 Å². The summed E-state index contributed by atoms with van der Waals surface area (Å²) >= 11 is 0. The van der Waals surface area contributed by atoms with Gasteiger partial charge in [0.05, 0.1) is 11.0 Å². The van der Waals surface area contributed by atoms with E-state index < -0.39 is 0 Å². The highest BCUT2D eigenvalue weighted by molar-refractivity contribution is 5.76. The molecule has 2 N–H and O–H groups in total. The molecule has 3 aliphatic rings. The maximum Gasteiger partial charge on any atom is 0.294 e. The molecule has 2 aliphatic heterocycles. The third kappa shape index (κ3) is 4.76. The molecule has 1 aliphatic carbocycles. The van der Waals surface area contributed by atoms with E-state index in [1.54, 1.807) is 0 Å². The number of hydrogen-bond acceptors (Lipinski definition) is 5. The molecule has 186 valence electrons. The number of aromatic nitrogens is 2. The fourth-order valence-corrected chi connectivity index (χ4v) is 6.99. The van der Waals surface area contributed by atoms with E-state index in [0.29, 0.717) is 30.5 Å². The van der Waals surface area contributed by atoms with Gasteiger partial charge in [0.15, 0.2) is 5.82 Å². The summed E-state index contributed by atoms with van der Waals surface area (Å²) in [6.45, 7) is 6.19. The van der Waals surface area contributed by atoms with Crippen LogP contribution in [0.4, 0.5) is 5.82 Å². The van der Waals surface area contributed by atoms with Crippen LogP contribution in [0.1, 0.15) is 90.5 Å². The number of hydrogen-bond donors (Lipinski definition) is 1. The Morgan fingerprint density at radius 1 is 1.03 bits per heavy atom. The molecule has 6 nitrogen and oxygen atoms in total. The summed E-state index contributed by atoms with van der Waals surface area (Å²) in [5.41, 5.74) is 8.07. The quantitative estimate of drug-likeness (QED) is 0.684. The molecule has 2 aromatic rings. The van der Waals surface area contributed by atoms with Crippen molar-refractivity contribution in [3.05, 3.63) is 34.6 Å². The smallest absolute Gasteiger partial charge is 0.294 e. The first-order chi connectivity index (χ1) is 16.5. The van der Waals surface area contributed by atoms with Gasteiger partial charge in [-0.25, -0.2) is 4.98 Å². The molecular weight excluding hydrogens is 422 g/mol. The molecule has 1 aromatic heterocycles. The van der Waals surface area contributed by atoms with Crippen molar-refractivity contribution in [3.63, 3.8) is 0 Å². The Labute approximate surface area is 204 Å². The third-order valence-corrected chi connectivity index (χ3v) is 8.70. The number of likely N-dealkylation sites (tertiary alicyclic amines) is 1. The van der Waals surface area contributed by atoms with Gasteiger partial charge in [-0.05, 0) is 64.5 Å². The molecule has 1 unspecified atom stereocenters. The zero-order valence-corrected chi connectivity index (χ0v) is 21.2. The predicted molar refractivity (Wildman–Crippen MR) is 141 cm³/mol. The highest BCUT2D eigenvalue weighted by Crippen LogP contribution is 2.36. The Morgan fingerprint density at radius 2 is 1.76 bits per heavy atom. The van der Waals surface area contributed by atoms with E-state index in [4.69, 9.17) is 10.7 Å². The van der Waals surface area contributed by atoms with Crippen molar-refractivity contribution in [2.45, 2.75) is 115 Å². The molecule has 1 aromatic carbocycles. The minimum Gasteiger partial charge on any atom is -0.350 e. The lowest BCUT2D eigenvalue weighted by Gasteiger charge is -2.38. The van der Waals surface area contributed by atoms with Gasteiger partial charge in [-0.3, -0.25) is 9.69 Å². The minimum absolute atomic E-state index is 0.0452. The molecule has 1 saturated carbocycles. The molecule has 0 bridgehead atoms. The number of anilines is 1. The molecule has 4 atom stereocenters. The van der Waals surface area contributed by atoms with Crippen molar-refractivity contribution >= 4 is 16.9 Å². The summed E-state index contributed by atoms with van der Waals surface area (Å²) < 4.78 is 2.04. The van der Waals surface area contributed by atoms with E-state index in [1.807, 2.05) is 22.8 Å². The molecule has 6 heteroatoms. The van der Waals surface area contributed by atoms with Crippen molar-refractivity contribution in [1.82, 2.24) is 14.5 Å². The second-order valence-electron chi connectivity index (χ2n) is 11.2. The lowest BCUT2D eigenvalue weighted by atomic mass is 9.94. The van der Waals surface area contributed by atoms with Crippen LogP contribution < -0.4 is 16.2 Å². The van der Waals surface area contributed by atoms with Crippen LogP contribution >= 0.6 is 0 Å². The first kappa shape index (κ1) is 23.8. The molecule has 0 amide bonds. The third-order valence-electron chi connectivity index (χ3n) is 8.70. The van der Waals surface area contributed by atoms with Crippen molar-refractivity contribution in [3.8, 4) is 0 Å². The van der Waals surface area contributed by atoms with Crippen molar-refractivity contribution in [1.29, 1.82) is 0 Å². The minimum atomic E-state index is 0.0452. The van der Waals surface area contributed by atoms with Crippen molar-refractivity contribution < 1.29 is 0 Å². The van der Waals surface area contributed by atoms with Crippen LogP contribution in [0, 0.1) is 0 Å². The predicted octanol–water partition coefficient (Wildman–Crippen LogP) is 4.85. The number of rotatable bonds is 5. The van der Waals surface area contributed by atoms with E-state index in [1.165, 1.54) is 57.8 Å². The summed E-state index contributed by atoms with van der Waals surface area (Å²) in [5, 5.41) is 0. The van der Waals surface area contributed by atoms with Crippen LogP contribution in [0.5, 0.6) is 0 Å². The van der Waals surface area contributed by atoms with Gasteiger partial charge in [0.25, 0.3) is 5.56 Å². The summed E-state index contributed by atoms with van der Waals surface area (Å²) in [6.07, 6.45) is 14.1. The summed E-state index contributed by atoms with van der Waals surface area (Å²) in [5.74, 6) is 0.579. The lowest BCUT2D eigenvalue weighted by Crippen LogP contribution is -2.44. The number of nitrogens with zero attached hydrogens (tertiary/aromatic N) is 4. The Morgan fingerprint density at radius 3 is 2.50 bits per heavy atom. The normalized spacial score (nSPS) is 28.3. The van der Waals surface area contributed by atoms with E-state index >= 15 is 0 Å². The van der Waals surface area contributed by atoms with Gasteiger partial charge < -0.3 is 15.2 Å². The standard InChI is InChI=1S/C28H43N5O/c1-20-14-15-24(32(20)23-10-6-4-3-5-7-11-23)18-21(2)33-26-13-9-8-12-25(26)30-27(28(33)34)31-17-16-22(29)19-31/h8-9,12-13,20-24H,3-7,10-11,14-19,29H2,1-2H3/t20?,21-,22+,24-/m0/s1. The zero-order chi connectivity index (χ0) is 23.7. The van der Waals surface area contributed by atoms with E-state index in [-0.39, 0.29) is 17.6 Å². The molecule has 3 fully saturated rings. The summed E-state index contributed by atoms with van der Waals surface area (Å²) in [7, 11) is 0. The average Bonchev–Trinajstić information content (AvgIpc) is 3.39. The highest BCUT2D eigenvalue weighted by Gasteiger charge is 2.37. The van der Waals surface area contributed by atoms with Gasteiger partial charge in [0.1, 0.15) is 0 Å². The summed E-state index contributed by atoms with van der Waals surface area (Å²) in [6, 6.07) is 10.3. The molecule has 34 heavy (non-hydrogen) atoms. The topological polar surface area (TPSA) is 67.4 Å². The van der Waals surface area contributed by atoms with E-state index in [2.05, 4.69) is 29.7 Å². The molecule has 0 radical (unpaired) electrons. The monoisotopic (exact) mass is 465 g/mol. The number of fused-ring (bicyclic) bond motifs is 1. The molecular formula is C28H43N5O. The first-order valence-electron chi connectivity index (χ1n) is 13.8. The molecule has 0 spiro atoms. The molecule has 2 saturated heterocycles. The zero-order valence-electron chi connectivity index (χ0n) is 21.2. The Balaban J connectivity index is 1.44. The van der Waals surface area contributed by atoms with Gasteiger partial charge in [0, 0.05) is 43.3 Å². The van der Waals surface area contributed by atoms with E-state index in [0.717, 1.165) is 30.4 Å². The SMILES string of the molecule is CC1CC[C@@H](C[C@H](C)n2c(=O)c(N3CC[C@@H](N)C3)nc3ccccc32)N1C1CCCCCCC1. The average molecular weight is 466 g/mol. The largest absolute Gasteiger partial charge is 0.350 e. The highest BCUT2D eigenvalue weighted by atomic mass is 16.1. The van der Waals surface area contributed by atoms with Crippen LogP contribution in [0.25, 0.3) is 11.0 Å². The second-order valence-corrected chi connectivity index (χ2v) is 11.2. The van der Waals surface area contributed by atoms with Gasteiger partial charge in [-0.15, -0.1) is 0 Å². The van der Waals surface area contributed by atoms with Gasteiger partial charge in [0.2, 0.25) is 0 Å². The van der Waals surface area contributed by atoms with Crippen molar-refractivity contribution in [2.75, 3.05) is 18.0 Å². The van der Waals surface area contributed by atoms with Gasteiger partial charge >= 0.3 is 0 Å². The molecule has 3 heterocycles. The maximum absolute atomic E-state index is 13.8. The number of benzene rings is 1. The Kier molecular flexibility index (Phi) is 7.26. The van der Waals surface area contributed by atoms with Crippen molar-refractivity contribution in [2.24, 2.45) is 5.73 Å². The lowest BCUT2D eigenvalue weighted by molar-refractivity contribution is 0.101. The van der Waals surface area contributed by atoms with Crippen LogP contribution in [0.15, 0.2) is 29.1 Å². The second kappa shape index (κ2) is 10.4. The number of nitrogens with two attached hydrogens (primary N) is 1. The fourth-order valence-electron chi connectivity index (χ4n) is 6.99. The van der Waals surface area contributed by atoms with Crippen LogP contribution in [-0.4, -0.2) is 51.7 Å². The van der Waals surface area contributed by atoms with Crippen LogP contribution in [0.2, 0.25) is 0 Å². The van der Waals surface area contributed by atoms with Crippen LogP contribution in [0.3, 0.4) is 0 Å². The first-order valence-corrected chi connectivity index (χ1v) is 13.8. The number of para-hydroxylation sites is 2. The Bertz CT molecular complexity index is 1030. The van der Waals surface area contributed by atoms with Gasteiger partial charge in [-0.2, -0.15) is 0 Å². The van der Waals surface area contributed by atoms with Crippen LogP contribution in [-0.2, 0) is 0 Å². The molecule has 5 rings (SSSR count).